The number of carbonyl (C=O) groups is 1. The van der Waals surface area contributed by atoms with E-state index in [1.54, 1.807) is 12.3 Å². The number of pyridine rings is 1. The molecule has 4 rings (SSSR count). The standard InChI is InChI=1S/C24H24N2O2/c1-24(2,3)18-7-9-20-17(10-12-28-22(20)14-18)13-23(27)26-19-8-6-16-5-4-11-25-21(16)15-19/h4-9,11,13-15H,10,12H2,1-3H3,(H,26,27). The maximum Gasteiger partial charge on any atom is 0.248 e. The summed E-state index contributed by atoms with van der Waals surface area (Å²) in [6.07, 6.45) is 4.15. The maximum absolute atomic E-state index is 12.6. The molecule has 0 atom stereocenters. The highest BCUT2D eigenvalue weighted by atomic mass is 16.5. The van der Waals surface area contributed by atoms with Crippen molar-refractivity contribution in [3.8, 4) is 5.75 Å². The Kier molecular flexibility index (Phi) is 4.63. The summed E-state index contributed by atoms with van der Waals surface area (Å²) in [6, 6.07) is 15.9. The van der Waals surface area contributed by atoms with Gasteiger partial charge >= 0.3 is 0 Å². The van der Waals surface area contributed by atoms with Crippen LogP contribution in [-0.4, -0.2) is 17.5 Å². The number of hydrogen-bond donors (Lipinski definition) is 1. The Morgan fingerprint density at radius 3 is 2.82 bits per heavy atom. The summed E-state index contributed by atoms with van der Waals surface area (Å²) in [5.74, 6) is 0.714. The largest absolute Gasteiger partial charge is 0.493 e. The van der Waals surface area contributed by atoms with Crippen LogP contribution in [0.25, 0.3) is 16.5 Å². The molecular formula is C24H24N2O2. The quantitative estimate of drug-likeness (QED) is 0.618. The monoisotopic (exact) mass is 372 g/mol. The number of anilines is 1. The van der Waals surface area contributed by atoms with E-state index in [9.17, 15) is 4.79 Å². The van der Waals surface area contributed by atoms with Crippen molar-refractivity contribution in [2.75, 3.05) is 11.9 Å². The molecule has 4 heteroatoms. The van der Waals surface area contributed by atoms with Gasteiger partial charge in [0.1, 0.15) is 5.75 Å². The van der Waals surface area contributed by atoms with E-state index in [2.05, 4.69) is 49.3 Å². The molecule has 1 aliphatic heterocycles. The van der Waals surface area contributed by atoms with Crippen molar-refractivity contribution in [2.45, 2.75) is 32.6 Å². The fourth-order valence-electron chi connectivity index (χ4n) is 3.41. The first-order chi connectivity index (χ1) is 13.4. The molecule has 0 spiro atoms. The number of nitrogens with zero attached hydrogens (tertiary/aromatic N) is 1. The number of amides is 1. The van der Waals surface area contributed by atoms with Crippen molar-refractivity contribution in [1.82, 2.24) is 4.98 Å². The summed E-state index contributed by atoms with van der Waals surface area (Å²) in [5, 5.41) is 4.00. The van der Waals surface area contributed by atoms with Gasteiger partial charge in [-0.2, -0.15) is 0 Å². The Morgan fingerprint density at radius 2 is 2.00 bits per heavy atom. The van der Waals surface area contributed by atoms with E-state index in [1.807, 2.05) is 30.3 Å². The van der Waals surface area contributed by atoms with Crippen molar-refractivity contribution < 1.29 is 9.53 Å². The molecule has 0 bridgehead atoms. The van der Waals surface area contributed by atoms with Crippen LogP contribution in [0, 0.1) is 0 Å². The predicted octanol–water partition coefficient (Wildman–Crippen LogP) is 5.34. The number of carbonyl (C=O) groups excluding carboxylic acids is 1. The first-order valence-corrected chi connectivity index (χ1v) is 9.54. The predicted molar refractivity (Wildman–Crippen MR) is 114 cm³/mol. The zero-order valence-electron chi connectivity index (χ0n) is 16.5. The highest BCUT2D eigenvalue weighted by molar-refractivity contribution is 6.05. The van der Waals surface area contributed by atoms with Crippen molar-refractivity contribution in [2.24, 2.45) is 0 Å². The smallest absolute Gasteiger partial charge is 0.248 e. The third-order valence-electron chi connectivity index (χ3n) is 5.00. The lowest BCUT2D eigenvalue weighted by atomic mass is 9.85. The van der Waals surface area contributed by atoms with Crippen LogP contribution in [-0.2, 0) is 10.2 Å². The molecule has 0 saturated carbocycles. The molecule has 0 unspecified atom stereocenters. The van der Waals surface area contributed by atoms with Gasteiger partial charge in [-0.1, -0.05) is 45.0 Å². The summed E-state index contributed by atoms with van der Waals surface area (Å²) < 4.78 is 5.86. The number of hydrogen-bond acceptors (Lipinski definition) is 3. The Labute approximate surface area is 165 Å². The Balaban J connectivity index is 1.58. The van der Waals surface area contributed by atoms with Crippen LogP contribution >= 0.6 is 0 Å². The Morgan fingerprint density at radius 1 is 1.14 bits per heavy atom. The van der Waals surface area contributed by atoms with Gasteiger partial charge in [-0.25, -0.2) is 0 Å². The maximum atomic E-state index is 12.6. The average molecular weight is 372 g/mol. The minimum atomic E-state index is -0.141. The number of rotatable bonds is 2. The van der Waals surface area contributed by atoms with E-state index in [-0.39, 0.29) is 11.3 Å². The van der Waals surface area contributed by atoms with Crippen LogP contribution in [0.2, 0.25) is 0 Å². The van der Waals surface area contributed by atoms with Gasteiger partial charge in [0.2, 0.25) is 5.91 Å². The zero-order valence-corrected chi connectivity index (χ0v) is 16.5. The van der Waals surface area contributed by atoms with Crippen LogP contribution in [0.3, 0.4) is 0 Å². The lowest BCUT2D eigenvalue weighted by Crippen LogP contribution is -2.15. The number of aromatic nitrogens is 1. The van der Waals surface area contributed by atoms with E-state index in [4.69, 9.17) is 4.74 Å². The lowest BCUT2D eigenvalue weighted by Gasteiger charge is -2.25. The van der Waals surface area contributed by atoms with Gasteiger partial charge in [0, 0.05) is 35.3 Å². The molecule has 142 valence electrons. The Bertz CT molecular complexity index is 1080. The molecule has 2 aromatic carbocycles. The third-order valence-corrected chi connectivity index (χ3v) is 5.00. The molecule has 4 nitrogen and oxygen atoms in total. The number of nitrogens with one attached hydrogen (secondary N) is 1. The van der Waals surface area contributed by atoms with Crippen LogP contribution in [0.4, 0.5) is 5.69 Å². The van der Waals surface area contributed by atoms with Gasteiger partial charge in [-0.15, -0.1) is 0 Å². The number of fused-ring (bicyclic) bond motifs is 2. The summed E-state index contributed by atoms with van der Waals surface area (Å²) in [5.41, 5.74) is 4.87. The molecule has 3 aromatic rings. The van der Waals surface area contributed by atoms with Crippen molar-refractivity contribution >= 4 is 28.1 Å². The second-order valence-corrected chi connectivity index (χ2v) is 8.13. The van der Waals surface area contributed by atoms with E-state index in [1.165, 1.54) is 5.56 Å². The fourth-order valence-corrected chi connectivity index (χ4v) is 3.41. The fraction of sp³-hybridized carbons (Fsp3) is 0.250. The second kappa shape index (κ2) is 7.12. The summed E-state index contributed by atoms with van der Waals surface area (Å²) in [4.78, 5) is 16.9. The van der Waals surface area contributed by atoms with E-state index in [0.29, 0.717) is 13.0 Å². The van der Waals surface area contributed by atoms with Gasteiger partial charge in [-0.3, -0.25) is 9.78 Å². The third kappa shape index (κ3) is 3.77. The first-order valence-electron chi connectivity index (χ1n) is 9.54. The number of ether oxygens (including phenoxy) is 1. The molecular weight excluding hydrogens is 348 g/mol. The van der Waals surface area contributed by atoms with Gasteiger partial charge in [0.15, 0.2) is 0 Å². The minimum absolute atomic E-state index is 0.0568. The van der Waals surface area contributed by atoms with Crippen LogP contribution in [0.15, 0.2) is 60.8 Å². The normalized spacial score (nSPS) is 15.2. The highest BCUT2D eigenvalue weighted by Gasteiger charge is 2.20. The molecule has 0 aliphatic carbocycles. The number of benzene rings is 2. The van der Waals surface area contributed by atoms with E-state index in [0.717, 1.165) is 33.5 Å². The second-order valence-electron chi connectivity index (χ2n) is 8.13. The summed E-state index contributed by atoms with van der Waals surface area (Å²) in [7, 11) is 0. The van der Waals surface area contributed by atoms with E-state index < -0.39 is 0 Å². The highest BCUT2D eigenvalue weighted by Crippen LogP contribution is 2.36. The molecule has 1 amide bonds. The molecule has 1 aromatic heterocycles. The molecule has 2 heterocycles. The molecule has 1 aliphatic rings. The van der Waals surface area contributed by atoms with Crippen LogP contribution in [0.5, 0.6) is 5.75 Å². The Hall–Kier alpha value is -3.14. The van der Waals surface area contributed by atoms with Crippen LogP contribution in [0.1, 0.15) is 38.3 Å². The van der Waals surface area contributed by atoms with Gasteiger partial charge < -0.3 is 10.1 Å². The summed E-state index contributed by atoms with van der Waals surface area (Å²) in [6.45, 7) is 7.13. The van der Waals surface area contributed by atoms with Gasteiger partial charge in [0.05, 0.1) is 12.1 Å². The lowest BCUT2D eigenvalue weighted by molar-refractivity contribution is -0.111. The molecule has 28 heavy (non-hydrogen) atoms. The first kappa shape index (κ1) is 18.2. The molecule has 0 fully saturated rings. The van der Waals surface area contributed by atoms with Gasteiger partial charge in [-0.05, 0) is 40.8 Å². The van der Waals surface area contributed by atoms with Gasteiger partial charge in [0.25, 0.3) is 0 Å². The van der Waals surface area contributed by atoms with E-state index >= 15 is 0 Å². The minimum Gasteiger partial charge on any atom is -0.493 e. The topological polar surface area (TPSA) is 51.2 Å². The molecule has 0 saturated heterocycles. The molecule has 0 radical (unpaired) electrons. The summed E-state index contributed by atoms with van der Waals surface area (Å²) >= 11 is 0. The zero-order chi connectivity index (χ0) is 19.7. The molecule has 1 N–H and O–H groups in total. The van der Waals surface area contributed by atoms with Crippen molar-refractivity contribution in [3.05, 3.63) is 71.9 Å². The van der Waals surface area contributed by atoms with Crippen molar-refractivity contribution in [3.63, 3.8) is 0 Å². The SMILES string of the molecule is CC(C)(C)c1ccc2c(c1)OCCC2=CC(=O)Nc1ccc2cccnc2c1. The van der Waals surface area contributed by atoms with Crippen molar-refractivity contribution in [1.29, 1.82) is 0 Å². The van der Waals surface area contributed by atoms with Crippen LogP contribution < -0.4 is 10.1 Å². The average Bonchev–Trinajstić information content (AvgIpc) is 2.67.